The topological polar surface area (TPSA) is 77.2 Å². The number of hydrogen-bond donors (Lipinski definition) is 2. The first kappa shape index (κ1) is 21.2. The van der Waals surface area contributed by atoms with Gasteiger partial charge in [-0.1, -0.05) is 17.7 Å². The van der Waals surface area contributed by atoms with Gasteiger partial charge in [0.25, 0.3) is 0 Å². The summed E-state index contributed by atoms with van der Waals surface area (Å²) in [5.41, 5.74) is 7.36. The molecule has 1 unspecified atom stereocenters. The van der Waals surface area contributed by atoms with Crippen LogP contribution in [0.5, 0.6) is 11.6 Å². The lowest BCUT2D eigenvalue weighted by Gasteiger charge is -2.08. The highest BCUT2D eigenvalue weighted by atomic mass is 35.5. The van der Waals surface area contributed by atoms with E-state index in [9.17, 15) is 4.79 Å². The molecule has 0 saturated carbocycles. The second kappa shape index (κ2) is 10.0. The Morgan fingerprint density at radius 2 is 1.87 bits per heavy atom. The summed E-state index contributed by atoms with van der Waals surface area (Å²) >= 11 is 0. The van der Waals surface area contributed by atoms with Crippen LogP contribution in [0.4, 0.5) is 5.69 Å². The van der Waals surface area contributed by atoms with Crippen LogP contribution in [0.15, 0.2) is 42.6 Å². The predicted molar refractivity (Wildman–Crippen MR) is 96.9 cm³/mol. The first-order valence-corrected chi connectivity index (χ1v) is 6.79. The number of rotatable bonds is 5. The monoisotopic (exact) mass is 357 g/mol. The average Bonchev–Trinajstić information content (AvgIpc) is 2.42. The number of nitrogens with zero attached hydrogens (tertiary/aromatic N) is 1. The maximum Gasteiger partial charge on any atom is 0.225 e. The lowest BCUT2D eigenvalue weighted by molar-refractivity contribution is -0.116. The molecule has 2 rings (SSSR count). The van der Waals surface area contributed by atoms with Crippen molar-refractivity contribution < 1.29 is 9.53 Å². The molecule has 0 aliphatic heterocycles. The summed E-state index contributed by atoms with van der Waals surface area (Å²) < 4.78 is 5.61. The van der Waals surface area contributed by atoms with E-state index < -0.39 is 0 Å². The maximum absolute atomic E-state index is 11.6. The van der Waals surface area contributed by atoms with Crippen LogP contribution < -0.4 is 15.8 Å². The molecule has 0 radical (unpaired) electrons. The average molecular weight is 358 g/mol. The van der Waals surface area contributed by atoms with Crippen molar-refractivity contribution in [1.29, 1.82) is 0 Å². The molecule has 1 aromatic heterocycles. The molecule has 1 atom stereocenters. The van der Waals surface area contributed by atoms with Gasteiger partial charge < -0.3 is 15.8 Å². The number of halogens is 2. The van der Waals surface area contributed by atoms with Gasteiger partial charge in [0.05, 0.1) is 11.9 Å². The Bertz CT molecular complexity index is 602. The maximum atomic E-state index is 11.6. The molecule has 0 aliphatic carbocycles. The lowest BCUT2D eigenvalue weighted by Crippen LogP contribution is -2.23. The zero-order valence-corrected chi connectivity index (χ0v) is 14.6. The number of aryl methyl sites for hydroxylation is 1. The first-order valence-electron chi connectivity index (χ1n) is 6.79. The van der Waals surface area contributed by atoms with E-state index in [4.69, 9.17) is 10.5 Å². The Morgan fingerprint density at radius 3 is 2.39 bits per heavy atom. The Balaban J connectivity index is 0.00000242. The number of nitrogens with two attached hydrogens (primary N) is 1. The normalized spacial score (nSPS) is 10.7. The van der Waals surface area contributed by atoms with Gasteiger partial charge in [-0.15, -0.1) is 24.8 Å². The Morgan fingerprint density at radius 1 is 1.22 bits per heavy atom. The summed E-state index contributed by atoms with van der Waals surface area (Å²) in [5.74, 6) is 1.07. The molecule has 0 bridgehead atoms. The summed E-state index contributed by atoms with van der Waals surface area (Å²) in [4.78, 5) is 15.7. The molecule has 3 N–H and O–H groups in total. The number of benzene rings is 1. The van der Waals surface area contributed by atoms with Crippen molar-refractivity contribution in [2.24, 2.45) is 5.73 Å². The Labute approximate surface area is 148 Å². The van der Waals surface area contributed by atoms with Crippen LogP contribution in [-0.4, -0.2) is 16.9 Å². The molecule has 1 aromatic carbocycles. The SMILES string of the molecule is Cc1ccc(Oc2ccc(NC(=O)CC(C)N)cn2)cc1.Cl.Cl. The molecule has 0 aliphatic rings. The van der Waals surface area contributed by atoms with Gasteiger partial charge in [0.2, 0.25) is 11.8 Å². The van der Waals surface area contributed by atoms with Gasteiger partial charge in [0, 0.05) is 18.5 Å². The van der Waals surface area contributed by atoms with E-state index in [1.54, 1.807) is 25.3 Å². The minimum Gasteiger partial charge on any atom is -0.439 e. The van der Waals surface area contributed by atoms with Crippen molar-refractivity contribution in [3.05, 3.63) is 48.2 Å². The zero-order chi connectivity index (χ0) is 15.2. The molecular weight excluding hydrogens is 337 g/mol. The number of carbonyl (C=O) groups excluding carboxylic acids is 1. The fourth-order valence-corrected chi connectivity index (χ4v) is 1.75. The highest BCUT2D eigenvalue weighted by Gasteiger charge is 2.06. The zero-order valence-electron chi connectivity index (χ0n) is 13.0. The molecule has 0 saturated heterocycles. The lowest BCUT2D eigenvalue weighted by atomic mass is 10.2. The van der Waals surface area contributed by atoms with Crippen LogP contribution in [0.1, 0.15) is 18.9 Å². The molecule has 7 heteroatoms. The molecule has 2 aromatic rings. The van der Waals surface area contributed by atoms with Crippen LogP contribution in [0.3, 0.4) is 0 Å². The number of hydrogen-bond acceptors (Lipinski definition) is 4. The number of ether oxygens (including phenoxy) is 1. The van der Waals surface area contributed by atoms with Gasteiger partial charge >= 0.3 is 0 Å². The van der Waals surface area contributed by atoms with Crippen molar-refractivity contribution in [2.75, 3.05) is 5.32 Å². The minimum atomic E-state index is -0.165. The quantitative estimate of drug-likeness (QED) is 0.854. The Hall–Kier alpha value is -1.82. The summed E-state index contributed by atoms with van der Waals surface area (Å²) in [7, 11) is 0. The predicted octanol–water partition coefficient (Wildman–Crippen LogP) is 3.70. The van der Waals surface area contributed by atoms with Gasteiger partial charge in [-0.25, -0.2) is 4.98 Å². The van der Waals surface area contributed by atoms with Crippen molar-refractivity contribution >= 4 is 36.4 Å². The van der Waals surface area contributed by atoms with Crippen LogP contribution >= 0.6 is 24.8 Å². The Kier molecular flexibility index (Phi) is 9.25. The van der Waals surface area contributed by atoms with E-state index in [2.05, 4.69) is 10.3 Å². The fraction of sp³-hybridized carbons (Fsp3) is 0.250. The van der Waals surface area contributed by atoms with E-state index in [0.29, 0.717) is 11.6 Å². The van der Waals surface area contributed by atoms with E-state index in [1.807, 2.05) is 31.2 Å². The summed E-state index contributed by atoms with van der Waals surface area (Å²) in [6.07, 6.45) is 1.84. The van der Waals surface area contributed by atoms with Gasteiger partial charge in [-0.2, -0.15) is 0 Å². The minimum absolute atomic E-state index is 0. The van der Waals surface area contributed by atoms with E-state index in [-0.39, 0.29) is 43.2 Å². The number of aromatic nitrogens is 1. The highest BCUT2D eigenvalue weighted by molar-refractivity contribution is 5.90. The van der Waals surface area contributed by atoms with Crippen LogP contribution in [0, 0.1) is 6.92 Å². The van der Waals surface area contributed by atoms with Gasteiger partial charge in [0.15, 0.2) is 0 Å². The standard InChI is InChI=1S/C16H19N3O2.2ClH/c1-11-3-6-14(7-4-11)21-16-8-5-13(10-18-16)19-15(20)9-12(2)17;;/h3-8,10,12H,9,17H2,1-2H3,(H,19,20);2*1H. The third kappa shape index (κ3) is 7.32. The van der Waals surface area contributed by atoms with Crippen LogP contribution in [0.2, 0.25) is 0 Å². The molecule has 0 spiro atoms. The third-order valence-electron chi connectivity index (χ3n) is 2.77. The molecule has 1 amide bonds. The van der Waals surface area contributed by atoms with Gasteiger partial charge in [0.1, 0.15) is 5.75 Å². The number of amides is 1. The van der Waals surface area contributed by atoms with Crippen molar-refractivity contribution in [2.45, 2.75) is 26.3 Å². The smallest absolute Gasteiger partial charge is 0.225 e. The van der Waals surface area contributed by atoms with Crippen molar-refractivity contribution in [1.82, 2.24) is 4.98 Å². The van der Waals surface area contributed by atoms with Gasteiger partial charge in [-0.3, -0.25) is 4.79 Å². The van der Waals surface area contributed by atoms with Crippen LogP contribution in [-0.2, 0) is 4.79 Å². The van der Waals surface area contributed by atoms with E-state index >= 15 is 0 Å². The summed E-state index contributed by atoms with van der Waals surface area (Å²) in [5, 5.41) is 2.73. The fourth-order valence-electron chi connectivity index (χ4n) is 1.75. The number of carbonyl (C=O) groups is 1. The van der Waals surface area contributed by atoms with Crippen molar-refractivity contribution in [3.63, 3.8) is 0 Å². The summed E-state index contributed by atoms with van der Waals surface area (Å²) in [6, 6.07) is 11.0. The van der Waals surface area contributed by atoms with Crippen molar-refractivity contribution in [3.8, 4) is 11.6 Å². The van der Waals surface area contributed by atoms with Crippen LogP contribution in [0.25, 0.3) is 0 Å². The number of anilines is 1. The number of nitrogens with one attached hydrogen (secondary N) is 1. The second-order valence-corrected chi connectivity index (χ2v) is 5.03. The molecule has 23 heavy (non-hydrogen) atoms. The second-order valence-electron chi connectivity index (χ2n) is 5.03. The molecule has 0 fully saturated rings. The molecule has 1 heterocycles. The first-order chi connectivity index (χ1) is 10.0. The highest BCUT2D eigenvalue weighted by Crippen LogP contribution is 2.20. The van der Waals surface area contributed by atoms with E-state index in [0.717, 1.165) is 5.75 Å². The third-order valence-corrected chi connectivity index (χ3v) is 2.77. The summed E-state index contributed by atoms with van der Waals surface area (Å²) in [6.45, 7) is 3.80. The van der Waals surface area contributed by atoms with Gasteiger partial charge in [-0.05, 0) is 32.0 Å². The number of pyridine rings is 1. The molecule has 126 valence electrons. The van der Waals surface area contributed by atoms with E-state index in [1.165, 1.54) is 5.56 Å². The largest absolute Gasteiger partial charge is 0.439 e. The molecule has 5 nitrogen and oxygen atoms in total. The molecular formula is C16H21Cl2N3O2.